The van der Waals surface area contributed by atoms with Gasteiger partial charge in [0.25, 0.3) is 5.91 Å². The molecular weight excluding hydrogens is 325 g/mol. The summed E-state index contributed by atoms with van der Waals surface area (Å²) in [6.07, 6.45) is 1.80. The Hall–Kier alpha value is -3.27. The molecule has 0 fully saturated rings. The first-order valence-electron chi connectivity index (χ1n) is 7.63. The van der Waals surface area contributed by atoms with Gasteiger partial charge in [0.2, 0.25) is 0 Å². The van der Waals surface area contributed by atoms with Crippen LogP contribution in [-0.2, 0) is 9.59 Å². The Morgan fingerprint density at radius 2 is 2.12 bits per heavy atom. The predicted octanol–water partition coefficient (Wildman–Crippen LogP) is 2.73. The molecule has 1 aromatic carbocycles. The second-order valence-corrected chi connectivity index (χ2v) is 5.14. The first-order valence-corrected chi connectivity index (χ1v) is 7.63. The smallest absolute Gasteiger partial charge is 0.250 e. The van der Waals surface area contributed by atoms with Gasteiger partial charge in [-0.25, -0.2) is 9.37 Å². The van der Waals surface area contributed by atoms with Gasteiger partial charge in [-0.3, -0.25) is 9.59 Å². The molecule has 0 aliphatic heterocycles. The molecule has 0 radical (unpaired) electrons. The summed E-state index contributed by atoms with van der Waals surface area (Å²) in [6.45, 7) is 0.176. The zero-order chi connectivity index (χ0) is 18.1. The third-order valence-electron chi connectivity index (χ3n) is 3.26. The molecule has 7 heteroatoms. The Morgan fingerprint density at radius 1 is 1.28 bits per heavy atom. The normalized spacial score (nSPS) is 11.2. The zero-order valence-corrected chi connectivity index (χ0v) is 13.3. The number of hydrogen-bond acceptors (Lipinski definition) is 5. The molecule has 0 saturated heterocycles. The fraction of sp³-hybridized carbons (Fsp3) is 0.222. The van der Waals surface area contributed by atoms with Crippen LogP contribution in [0, 0.1) is 23.1 Å². The van der Waals surface area contributed by atoms with Crippen molar-refractivity contribution in [2.75, 3.05) is 11.9 Å². The molecule has 6 nitrogen and oxygen atoms in total. The molecule has 25 heavy (non-hydrogen) atoms. The number of carbonyl (C=O) groups excluding carboxylic acids is 2. The number of ether oxygens (including phenoxy) is 1. The van der Waals surface area contributed by atoms with Crippen molar-refractivity contribution in [2.45, 2.75) is 12.8 Å². The lowest BCUT2D eigenvalue weighted by Crippen LogP contribution is -2.29. The van der Waals surface area contributed by atoms with E-state index in [2.05, 4.69) is 10.3 Å². The van der Waals surface area contributed by atoms with Gasteiger partial charge in [0.15, 0.2) is 11.7 Å². The Balaban J connectivity index is 1.79. The number of pyridine rings is 1. The first-order chi connectivity index (χ1) is 12.1. The number of rotatable bonds is 8. The summed E-state index contributed by atoms with van der Waals surface area (Å²) in [5.74, 6) is -2.40. The van der Waals surface area contributed by atoms with E-state index in [1.165, 1.54) is 24.4 Å². The van der Waals surface area contributed by atoms with Crippen LogP contribution < -0.4 is 10.1 Å². The van der Waals surface area contributed by atoms with Gasteiger partial charge in [-0.05, 0) is 30.7 Å². The largest absolute Gasteiger partial charge is 0.493 e. The third kappa shape index (κ3) is 5.70. The summed E-state index contributed by atoms with van der Waals surface area (Å²) in [7, 11) is 0. The SMILES string of the molecule is N#C[C@H](C(=O)CCCOc1cccc(F)c1)C(=O)Nc1ccccn1. The van der Waals surface area contributed by atoms with E-state index in [0.717, 1.165) is 0 Å². The lowest BCUT2D eigenvalue weighted by Gasteiger charge is -2.09. The lowest BCUT2D eigenvalue weighted by atomic mass is 10.0. The van der Waals surface area contributed by atoms with Crippen molar-refractivity contribution in [1.29, 1.82) is 5.26 Å². The number of nitrogens with zero attached hydrogens (tertiary/aromatic N) is 2. The van der Waals surface area contributed by atoms with Crippen molar-refractivity contribution in [3.8, 4) is 11.8 Å². The van der Waals surface area contributed by atoms with E-state index in [9.17, 15) is 14.0 Å². The standard InChI is InChI=1S/C18H16FN3O3/c19-13-5-3-6-14(11-13)25-10-4-7-16(23)15(12-20)18(24)22-17-8-1-2-9-21-17/h1-3,5-6,8-9,11,15H,4,7,10H2,(H,21,22,24)/t15-/m1/s1. The maximum Gasteiger partial charge on any atom is 0.250 e. The summed E-state index contributed by atoms with van der Waals surface area (Å²) in [4.78, 5) is 28.0. The molecule has 0 spiro atoms. The van der Waals surface area contributed by atoms with Gasteiger partial charge in [-0.1, -0.05) is 12.1 Å². The topological polar surface area (TPSA) is 92.1 Å². The molecular formula is C18H16FN3O3. The number of anilines is 1. The maximum atomic E-state index is 13.0. The number of aromatic nitrogens is 1. The van der Waals surface area contributed by atoms with E-state index in [0.29, 0.717) is 12.2 Å². The molecule has 0 bridgehead atoms. The number of halogens is 1. The quantitative estimate of drug-likeness (QED) is 0.589. The van der Waals surface area contributed by atoms with Gasteiger partial charge >= 0.3 is 0 Å². The highest BCUT2D eigenvalue weighted by Crippen LogP contribution is 2.13. The van der Waals surface area contributed by atoms with Crippen molar-refractivity contribution >= 4 is 17.5 Å². The van der Waals surface area contributed by atoms with Gasteiger partial charge in [0.1, 0.15) is 17.4 Å². The highest BCUT2D eigenvalue weighted by Gasteiger charge is 2.26. The van der Waals surface area contributed by atoms with Crippen molar-refractivity contribution < 1.29 is 18.7 Å². The number of ketones is 1. The highest BCUT2D eigenvalue weighted by atomic mass is 19.1. The molecule has 0 unspecified atom stereocenters. The fourth-order valence-corrected chi connectivity index (χ4v) is 2.05. The van der Waals surface area contributed by atoms with Gasteiger partial charge < -0.3 is 10.1 Å². The van der Waals surface area contributed by atoms with Crippen LogP contribution in [0.1, 0.15) is 12.8 Å². The molecule has 2 rings (SSSR count). The fourth-order valence-electron chi connectivity index (χ4n) is 2.05. The molecule has 1 atom stereocenters. The van der Waals surface area contributed by atoms with E-state index in [-0.39, 0.29) is 18.8 Å². The predicted molar refractivity (Wildman–Crippen MR) is 88.1 cm³/mol. The van der Waals surface area contributed by atoms with Crippen LogP contribution in [-0.4, -0.2) is 23.3 Å². The minimum atomic E-state index is -1.41. The minimum Gasteiger partial charge on any atom is -0.493 e. The number of nitriles is 1. The Kier molecular flexibility index (Phi) is 6.60. The number of hydrogen-bond donors (Lipinski definition) is 1. The Bertz CT molecular complexity index is 775. The van der Waals surface area contributed by atoms with Crippen LogP contribution in [0.4, 0.5) is 10.2 Å². The molecule has 1 amide bonds. The van der Waals surface area contributed by atoms with Gasteiger partial charge in [-0.15, -0.1) is 0 Å². The molecule has 1 heterocycles. The summed E-state index contributed by atoms with van der Waals surface area (Å²) >= 11 is 0. The van der Waals surface area contributed by atoms with Gasteiger partial charge in [-0.2, -0.15) is 5.26 Å². The summed E-state index contributed by atoms with van der Waals surface area (Å²) in [5.41, 5.74) is 0. The molecule has 0 aliphatic carbocycles. The van der Waals surface area contributed by atoms with E-state index >= 15 is 0 Å². The second-order valence-electron chi connectivity index (χ2n) is 5.14. The molecule has 0 aliphatic rings. The van der Waals surface area contributed by atoms with Crippen molar-refractivity contribution in [3.05, 3.63) is 54.5 Å². The monoisotopic (exact) mass is 341 g/mol. The average Bonchev–Trinajstić information content (AvgIpc) is 2.60. The highest BCUT2D eigenvalue weighted by molar-refractivity contribution is 6.09. The van der Waals surface area contributed by atoms with Crippen molar-refractivity contribution in [1.82, 2.24) is 4.98 Å². The Labute approximate surface area is 144 Å². The van der Waals surface area contributed by atoms with E-state index in [4.69, 9.17) is 10.00 Å². The summed E-state index contributed by atoms with van der Waals surface area (Å²) < 4.78 is 18.3. The number of carbonyl (C=O) groups is 2. The van der Waals surface area contributed by atoms with Crippen LogP contribution in [0.15, 0.2) is 48.7 Å². The maximum absolute atomic E-state index is 13.0. The zero-order valence-electron chi connectivity index (χ0n) is 13.3. The average molecular weight is 341 g/mol. The summed E-state index contributed by atoms with van der Waals surface area (Å²) in [5, 5.41) is 11.5. The lowest BCUT2D eigenvalue weighted by molar-refractivity contribution is -0.129. The number of benzene rings is 1. The number of nitrogens with one attached hydrogen (secondary N) is 1. The van der Waals surface area contributed by atoms with Crippen molar-refractivity contribution in [3.63, 3.8) is 0 Å². The summed E-state index contributed by atoms with van der Waals surface area (Å²) in [6, 6.07) is 12.3. The number of Topliss-reactive ketones (excluding diaryl/α,β-unsaturated/α-hetero) is 1. The molecule has 1 N–H and O–H groups in total. The third-order valence-corrected chi connectivity index (χ3v) is 3.26. The van der Waals surface area contributed by atoms with E-state index in [1.54, 1.807) is 30.3 Å². The number of amides is 1. The molecule has 0 saturated carbocycles. The van der Waals surface area contributed by atoms with Crippen molar-refractivity contribution in [2.24, 2.45) is 5.92 Å². The van der Waals surface area contributed by atoms with E-state index < -0.39 is 23.4 Å². The van der Waals surface area contributed by atoms with E-state index in [1.807, 2.05) is 0 Å². The first kappa shape index (κ1) is 18.1. The van der Waals surface area contributed by atoms with Crippen LogP contribution in [0.25, 0.3) is 0 Å². The van der Waals surface area contributed by atoms with Crippen LogP contribution >= 0.6 is 0 Å². The molecule has 128 valence electrons. The van der Waals surface area contributed by atoms with Crippen LogP contribution in [0.3, 0.4) is 0 Å². The van der Waals surface area contributed by atoms with Crippen LogP contribution in [0.5, 0.6) is 5.75 Å². The molecule has 2 aromatic rings. The van der Waals surface area contributed by atoms with Gasteiger partial charge in [0, 0.05) is 18.7 Å². The minimum absolute atomic E-state index is 0.00316. The Morgan fingerprint density at radius 3 is 2.80 bits per heavy atom. The van der Waals surface area contributed by atoms with Crippen LogP contribution in [0.2, 0.25) is 0 Å². The second kappa shape index (κ2) is 9.13. The van der Waals surface area contributed by atoms with Gasteiger partial charge in [0.05, 0.1) is 12.7 Å². The molecule has 1 aromatic heterocycles.